The van der Waals surface area contributed by atoms with E-state index in [2.05, 4.69) is 25.1 Å². The first-order valence-corrected chi connectivity index (χ1v) is 8.73. The van der Waals surface area contributed by atoms with Gasteiger partial charge in [-0.25, -0.2) is 4.98 Å². The van der Waals surface area contributed by atoms with Crippen molar-refractivity contribution in [1.29, 1.82) is 0 Å². The zero-order valence-corrected chi connectivity index (χ0v) is 14.8. The van der Waals surface area contributed by atoms with Crippen LogP contribution in [0.2, 0.25) is 0 Å². The summed E-state index contributed by atoms with van der Waals surface area (Å²) >= 11 is 2.66. The number of para-hydroxylation sites is 1. The van der Waals surface area contributed by atoms with Crippen LogP contribution in [0.15, 0.2) is 34.7 Å². The number of hydrazone groups is 1. The van der Waals surface area contributed by atoms with Crippen molar-refractivity contribution in [3.8, 4) is 9.88 Å². The van der Waals surface area contributed by atoms with Gasteiger partial charge in [-0.1, -0.05) is 16.6 Å². The second kappa shape index (κ2) is 6.89. The molecule has 3 aromatic rings. The van der Waals surface area contributed by atoms with Crippen molar-refractivity contribution in [2.45, 2.75) is 20.0 Å². The smallest absolute Gasteiger partial charge is 0.278 e. The van der Waals surface area contributed by atoms with E-state index in [1.807, 2.05) is 6.92 Å². The topological polar surface area (TPSA) is 63.1 Å². The van der Waals surface area contributed by atoms with Gasteiger partial charge in [0.05, 0.1) is 28.4 Å². The molecule has 1 aromatic carbocycles. The van der Waals surface area contributed by atoms with E-state index in [-0.39, 0.29) is 5.69 Å². The molecule has 0 amide bonds. The third-order valence-corrected chi connectivity index (χ3v) is 5.12. The first-order valence-electron chi connectivity index (χ1n) is 7.08. The van der Waals surface area contributed by atoms with Crippen molar-refractivity contribution in [2.24, 2.45) is 5.10 Å². The summed E-state index contributed by atoms with van der Waals surface area (Å²) in [7, 11) is 0. The van der Waals surface area contributed by atoms with E-state index in [1.54, 1.807) is 12.3 Å². The van der Waals surface area contributed by atoms with Crippen LogP contribution in [-0.2, 0) is 6.18 Å². The molecule has 10 heteroatoms. The van der Waals surface area contributed by atoms with Crippen molar-refractivity contribution in [1.82, 2.24) is 14.6 Å². The average Bonchev–Trinajstić information content (AvgIpc) is 3.20. The molecule has 0 aliphatic carbocycles. The summed E-state index contributed by atoms with van der Waals surface area (Å²) in [6.45, 7) is 3.52. The van der Waals surface area contributed by atoms with E-state index in [9.17, 15) is 13.2 Å². The van der Waals surface area contributed by atoms with Gasteiger partial charge in [-0.05, 0) is 37.5 Å². The number of rotatable bonds is 4. The summed E-state index contributed by atoms with van der Waals surface area (Å²) in [5.41, 5.74) is 3.47. The van der Waals surface area contributed by atoms with Crippen LogP contribution < -0.4 is 5.43 Å². The van der Waals surface area contributed by atoms with Gasteiger partial charge in [-0.2, -0.15) is 18.3 Å². The second-order valence-corrected chi connectivity index (χ2v) is 6.69. The maximum Gasteiger partial charge on any atom is 0.418 e. The fourth-order valence-electron chi connectivity index (χ4n) is 2.00. The predicted molar refractivity (Wildman–Crippen MR) is 93.0 cm³/mol. The van der Waals surface area contributed by atoms with Crippen LogP contribution in [0, 0.1) is 6.92 Å². The summed E-state index contributed by atoms with van der Waals surface area (Å²) in [5, 5.41) is 10.5. The summed E-state index contributed by atoms with van der Waals surface area (Å²) in [5.74, 6) is 0. The van der Waals surface area contributed by atoms with E-state index in [1.165, 1.54) is 41.1 Å². The van der Waals surface area contributed by atoms with Crippen molar-refractivity contribution >= 4 is 34.3 Å². The Bertz CT molecular complexity index is 914. The monoisotopic (exact) mass is 383 g/mol. The van der Waals surface area contributed by atoms with E-state index in [0.29, 0.717) is 11.4 Å². The third-order valence-electron chi connectivity index (χ3n) is 3.30. The Morgan fingerprint density at radius 2 is 2.00 bits per heavy atom. The number of hydrogen-bond donors (Lipinski definition) is 1. The highest BCUT2D eigenvalue weighted by atomic mass is 32.1. The quantitative estimate of drug-likeness (QED) is 0.518. The van der Waals surface area contributed by atoms with Gasteiger partial charge in [-0.15, -0.1) is 16.4 Å². The molecule has 2 heterocycles. The Hall–Kier alpha value is -2.33. The molecule has 5 nitrogen and oxygen atoms in total. The van der Waals surface area contributed by atoms with Crippen molar-refractivity contribution in [3.05, 3.63) is 46.6 Å². The van der Waals surface area contributed by atoms with Crippen LogP contribution in [0.4, 0.5) is 18.9 Å². The Morgan fingerprint density at radius 1 is 1.24 bits per heavy atom. The molecule has 0 fully saturated rings. The average molecular weight is 383 g/mol. The molecule has 0 bridgehead atoms. The number of thiazole rings is 1. The zero-order chi connectivity index (χ0) is 18.0. The molecular formula is C15H12F3N5S2. The van der Waals surface area contributed by atoms with Crippen molar-refractivity contribution < 1.29 is 13.2 Å². The number of benzene rings is 1. The Balaban J connectivity index is 1.82. The minimum absolute atomic E-state index is 0.104. The normalized spacial score (nSPS) is 12.4. The molecule has 0 radical (unpaired) electrons. The highest BCUT2D eigenvalue weighted by molar-refractivity contribution is 7.18. The SMILES string of the molecule is C/C(=N\Nc1ccccc1C(F)(F)F)c1csc(-c2snnc2C)n1. The maximum absolute atomic E-state index is 13.0. The van der Waals surface area contributed by atoms with Crippen LogP contribution in [0.25, 0.3) is 9.88 Å². The van der Waals surface area contributed by atoms with Crippen LogP contribution in [0.5, 0.6) is 0 Å². The largest absolute Gasteiger partial charge is 0.418 e. The summed E-state index contributed by atoms with van der Waals surface area (Å²) in [4.78, 5) is 5.33. The number of alkyl halides is 3. The molecule has 0 aliphatic heterocycles. The van der Waals surface area contributed by atoms with Gasteiger partial charge in [0.1, 0.15) is 9.88 Å². The highest BCUT2D eigenvalue weighted by Gasteiger charge is 2.33. The number of hydrogen-bond acceptors (Lipinski definition) is 7. The first-order chi connectivity index (χ1) is 11.9. The molecule has 130 valence electrons. The Labute approximate surface area is 149 Å². The van der Waals surface area contributed by atoms with E-state index >= 15 is 0 Å². The number of anilines is 1. The number of nitrogens with zero attached hydrogens (tertiary/aromatic N) is 4. The van der Waals surface area contributed by atoms with Crippen LogP contribution in [0.1, 0.15) is 23.9 Å². The van der Waals surface area contributed by atoms with Crippen molar-refractivity contribution in [3.63, 3.8) is 0 Å². The molecule has 25 heavy (non-hydrogen) atoms. The standard InChI is InChI=1S/C15H12F3N5S2/c1-8(12-7-24-14(19-12)13-9(2)21-23-25-13)20-22-11-6-4-3-5-10(11)15(16,17)18/h3-7,22H,1-2H3/b20-8+. The van der Waals surface area contributed by atoms with Crippen LogP contribution in [0.3, 0.4) is 0 Å². The number of aryl methyl sites for hydroxylation is 1. The molecule has 0 aliphatic rings. The highest BCUT2D eigenvalue weighted by Crippen LogP contribution is 2.34. The minimum Gasteiger partial charge on any atom is -0.278 e. The lowest BCUT2D eigenvalue weighted by Crippen LogP contribution is -2.09. The Kier molecular flexibility index (Phi) is 4.82. The van der Waals surface area contributed by atoms with E-state index in [4.69, 9.17) is 0 Å². The fourth-order valence-corrected chi connectivity index (χ4v) is 3.65. The van der Waals surface area contributed by atoms with Gasteiger partial charge in [0.25, 0.3) is 0 Å². The summed E-state index contributed by atoms with van der Waals surface area (Å²) in [6.07, 6.45) is -4.45. The molecule has 3 rings (SSSR count). The van der Waals surface area contributed by atoms with Gasteiger partial charge in [0.15, 0.2) is 0 Å². The summed E-state index contributed by atoms with van der Waals surface area (Å²) in [6, 6.07) is 5.19. The Morgan fingerprint density at radius 3 is 2.68 bits per heavy atom. The molecule has 0 saturated heterocycles. The maximum atomic E-state index is 13.0. The number of nitrogens with one attached hydrogen (secondary N) is 1. The lowest BCUT2D eigenvalue weighted by molar-refractivity contribution is -0.136. The lowest BCUT2D eigenvalue weighted by Gasteiger charge is -2.11. The third kappa shape index (κ3) is 3.85. The van der Waals surface area contributed by atoms with Crippen LogP contribution >= 0.6 is 22.9 Å². The van der Waals surface area contributed by atoms with Crippen molar-refractivity contribution in [2.75, 3.05) is 5.43 Å². The molecule has 0 atom stereocenters. The van der Waals surface area contributed by atoms with E-state index in [0.717, 1.165) is 21.6 Å². The second-order valence-electron chi connectivity index (χ2n) is 5.08. The van der Waals surface area contributed by atoms with Gasteiger partial charge in [0.2, 0.25) is 0 Å². The zero-order valence-electron chi connectivity index (χ0n) is 13.1. The van der Waals surface area contributed by atoms with Gasteiger partial charge in [-0.3, -0.25) is 5.43 Å². The van der Waals surface area contributed by atoms with Crippen LogP contribution in [-0.4, -0.2) is 20.3 Å². The lowest BCUT2D eigenvalue weighted by atomic mass is 10.2. The molecule has 0 saturated carbocycles. The van der Waals surface area contributed by atoms with E-state index < -0.39 is 11.7 Å². The summed E-state index contributed by atoms with van der Waals surface area (Å²) < 4.78 is 42.8. The molecule has 0 spiro atoms. The fraction of sp³-hybridized carbons (Fsp3) is 0.200. The van der Waals surface area contributed by atoms with Gasteiger partial charge in [0, 0.05) is 5.38 Å². The number of halogens is 3. The molecule has 0 unspecified atom stereocenters. The first kappa shape index (κ1) is 17.5. The number of aromatic nitrogens is 3. The minimum atomic E-state index is -4.45. The van der Waals surface area contributed by atoms with Gasteiger partial charge >= 0.3 is 6.18 Å². The van der Waals surface area contributed by atoms with Gasteiger partial charge < -0.3 is 0 Å². The molecular weight excluding hydrogens is 371 g/mol. The molecule has 2 aromatic heterocycles. The molecule has 1 N–H and O–H groups in total. The predicted octanol–water partition coefficient (Wildman–Crippen LogP) is 4.82.